The maximum Gasteiger partial charge on any atom is 0.415 e. The summed E-state index contributed by atoms with van der Waals surface area (Å²) in [6.07, 6.45) is 1.81. The molecule has 8 N–H and O–H groups in total. The van der Waals surface area contributed by atoms with Crippen LogP contribution >= 0.6 is 0 Å². The molecule has 228 valence electrons. The molecular weight excluding hydrogens is 544 g/mol. The van der Waals surface area contributed by atoms with Crippen LogP contribution in [0.1, 0.15) is 36.8 Å². The first-order valence-electron chi connectivity index (χ1n) is 14.4. The maximum atomic E-state index is 13.0. The predicted molar refractivity (Wildman–Crippen MR) is 153 cm³/mol. The predicted octanol–water partition coefficient (Wildman–Crippen LogP) is -1.42. The molecule has 2 unspecified atom stereocenters. The van der Waals surface area contributed by atoms with E-state index in [1.54, 1.807) is 13.1 Å². The number of amides is 3. The van der Waals surface area contributed by atoms with Crippen molar-refractivity contribution in [2.45, 2.75) is 55.7 Å². The Morgan fingerprint density at radius 2 is 2.10 bits per heavy atom. The van der Waals surface area contributed by atoms with Crippen LogP contribution in [0.15, 0.2) is 17.1 Å². The number of likely N-dealkylation sites (N-methyl/N-ethyl adjacent to an activating group) is 2. The number of carbonyl (C=O) groups excluding carboxylic acids is 4. The molecule has 0 radical (unpaired) electrons. The molecule has 2 fully saturated rings. The van der Waals surface area contributed by atoms with E-state index in [0.717, 1.165) is 30.5 Å². The number of likely N-dealkylation sites (tertiary alicyclic amines) is 1. The van der Waals surface area contributed by atoms with Crippen molar-refractivity contribution >= 4 is 29.7 Å². The highest BCUT2D eigenvalue weighted by Crippen LogP contribution is 2.63. The molecule has 2 heterocycles. The van der Waals surface area contributed by atoms with E-state index in [2.05, 4.69) is 27.6 Å². The molecule has 1 aromatic rings. The summed E-state index contributed by atoms with van der Waals surface area (Å²) >= 11 is 0. The molecule has 1 spiro atoms. The lowest BCUT2D eigenvalue weighted by molar-refractivity contribution is -0.132. The Hall–Kier alpha value is -3.91. The van der Waals surface area contributed by atoms with Gasteiger partial charge in [-0.2, -0.15) is 0 Å². The largest absolute Gasteiger partial charge is 0.477 e. The van der Waals surface area contributed by atoms with Crippen molar-refractivity contribution in [2.75, 3.05) is 46.8 Å². The van der Waals surface area contributed by atoms with Crippen LogP contribution in [0.25, 0.3) is 0 Å². The molecule has 1 aromatic carbocycles. The third kappa shape index (κ3) is 5.24. The van der Waals surface area contributed by atoms with Crippen LogP contribution in [-0.2, 0) is 26.2 Å². The van der Waals surface area contributed by atoms with Crippen LogP contribution in [0, 0.1) is 5.92 Å². The topological polar surface area (TPSA) is 208 Å². The smallest absolute Gasteiger partial charge is 0.415 e. The van der Waals surface area contributed by atoms with Gasteiger partial charge >= 0.3 is 6.09 Å². The Kier molecular flexibility index (Phi) is 8.28. The first kappa shape index (κ1) is 29.6. The van der Waals surface area contributed by atoms with Gasteiger partial charge in [-0.25, -0.2) is 4.79 Å². The summed E-state index contributed by atoms with van der Waals surface area (Å²) in [5, 5.41) is 5.33. The van der Waals surface area contributed by atoms with Gasteiger partial charge in [0.05, 0.1) is 12.0 Å². The fourth-order valence-corrected chi connectivity index (χ4v) is 7.19. The number of nitrogens with zero attached hydrogens (tertiary/aromatic N) is 3. The minimum absolute atomic E-state index is 0.0527. The molecule has 2 aliphatic heterocycles. The van der Waals surface area contributed by atoms with E-state index >= 15 is 0 Å². The Bertz CT molecular complexity index is 1300. The number of aliphatic imine (C=N–C) groups is 1. The fraction of sp³-hybridized carbons (Fsp3) is 0.607. The monoisotopic (exact) mass is 584 g/mol. The van der Waals surface area contributed by atoms with Gasteiger partial charge in [0.15, 0.2) is 29.3 Å². The van der Waals surface area contributed by atoms with Gasteiger partial charge in [0.25, 0.3) is 0 Å². The van der Waals surface area contributed by atoms with Gasteiger partial charge in [-0.3, -0.25) is 19.4 Å². The molecule has 4 aliphatic rings. The van der Waals surface area contributed by atoms with E-state index in [-0.39, 0.29) is 31.4 Å². The summed E-state index contributed by atoms with van der Waals surface area (Å²) in [4.78, 5) is 58.2. The number of guanidine groups is 1. The normalized spacial score (nSPS) is 25.6. The lowest BCUT2D eigenvalue weighted by atomic mass is 9.57. The molecule has 3 amide bonds. The zero-order valence-electron chi connectivity index (χ0n) is 24.1. The van der Waals surface area contributed by atoms with Crippen LogP contribution in [-0.4, -0.2) is 104 Å². The number of ketones is 1. The van der Waals surface area contributed by atoms with Crippen LogP contribution in [0.2, 0.25) is 0 Å². The second-order valence-corrected chi connectivity index (χ2v) is 11.6. The highest BCUT2D eigenvalue weighted by molar-refractivity contribution is 5.90. The van der Waals surface area contributed by atoms with Crippen LogP contribution in [0.4, 0.5) is 4.79 Å². The zero-order chi connectivity index (χ0) is 30.2. The molecule has 5 rings (SSSR count). The number of hydrogen-bond donors (Lipinski definition) is 5. The highest BCUT2D eigenvalue weighted by Gasteiger charge is 2.68. The fourth-order valence-electron chi connectivity index (χ4n) is 7.19. The van der Waals surface area contributed by atoms with Gasteiger partial charge in [-0.1, -0.05) is 6.07 Å². The van der Waals surface area contributed by atoms with Gasteiger partial charge in [0, 0.05) is 51.3 Å². The Morgan fingerprint density at radius 3 is 2.83 bits per heavy atom. The summed E-state index contributed by atoms with van der Waals surface area (Å²) in [7, 11) is 3.67. The van der Waals surface area contributed by atoms with Crippen molar-refractivity contribution < 1.29 is 28.7 Å². The van der Waals surface area contributed by atoms with Gasteiger partial charge < -0.3 is 47.1 Å². The third-order valence-electron chi connectivity index (χ3n) is 9.04. The Labute approximate surface area is 244 Å². The van der Waals surface area contributed by atoms with Crippen LogP contribution < -0.4 is 37.3 Å². The van der Waals surface area contributed by atoms with Crippen molar-refractivity contribution in [3.8, 4) is 11.5 Å². The average molecular weight is 585 g/mol. The highest BCUT2D eigenvalue weighted by atomic mass is 16.6. The maximum absolute atomic E-state index is 13.0. The molecule has 14 heteroatoms. The molecule has 5 atom stereocenters. The number of rotatable bonds is 11. The molecule has 42 heavy (non-hydrogen) atoms. The van der Waals surface area contributed by atoms with Crippen molar-refractivity contribution in [1.82, 2.24) is 20.4 Å². The standard InChI is InChI=1S/C28H40N8O6/c1-35(11-10-32-25(39)17(34-21(38)13-29)4-3-9-33-26(30)31)27(40)41-20-8-5-15-12-18-16-6-7-19(37)24-28(16,14-36(18)2)22(15)23(20)42-24/h5,8,16-18,24H,3-4,6-7,9-14,29H2,1-2H3,(H,32,39)(H,34,38)(H4,30,31,33)/t16?,17-,18+,24?,28-/m0/s1. The Morgan fingerprint density at radius 1 is 1.31 bits per heavy atom. The number of carbonyl (C=O) groups is 4. The first-order valence-corrected chi connectivity index (χ1v) is 14.4. The summed E-state index contributed by atoms with van der Waals surface area (Å²) in [5.74, 6) is 0.297. The molecule has 1 saturated heterocycles. The molecule has 1 saturated carbocycles. The van der Waals surface area contributed by atoms with Crippen molar-refractivity contribution in [1.29, 1.82) is 0 Å². The van der Waals surface area contributed by atoms with Crippen LogP contribution in [0.5, 0.6) is 11.5 Å². The quantitative estimate of drug-likeness (QED) is 0.116. The average Bonchev–Trinajstić information content (AvgIpc) is 3.41. The number of ether oxygens (including phenoxy) is 2. The van der Waals surface area contributed by atoms with Gasteiger partial charge in [0.1, 0.15) is 6.04 Å². The van der Waals surface area contributed by atoms with Gasteiger partial charge in [0.2, 0.25) is 11.8 Å². The van der Waals surface area contributed by atoms with Gasteiger partial charge in [-0.15, -0.1) is 0 Å². The zero-order valence-corrected chi connectivity index (χ0v) is 24.1. The number of hydrogen-bond acceptors (Lipinski definition) is 9. The SMILES string of the molecule is CN(CCNC(=O)[C@H](CCCN=C(N)N)NC(=O)CN)C(=O)Oc1ccc2c3c1OC1C(=O)CCC4[C@@H](C2)N(C)C[C@]314. The van der Waals surface area contributed by atoms with E-state index in [1.807, 2.05) is 6.07 Å². The van der Waals surface area contributed by atoms with Crippen molar-refractivity contribution in [3.63, 3.8) is 0 Å². The summed E-state index contributed by atoms with van der Waals surface area (Å²) in [6, 6.07) is 3.28. The van der Waals surface area contributed by atoms with Crippen molar-refractivity contribution in [3.05, 3.63) is 23.3 Å². The molecule has 2 aliphatic carbocycles. The minimum Gasteiger partial charge on any atom is -0.477 e. The van der Waals surface area contributed by atoms with Crippen LogP contribution in [0.3, 0.4) is 0 Å². The third-order valence-corrected chi connectivity index (χ3v) is 9.04. The minimum atomic E-state index is -0.826. The number of nitrogens with one attached hydrogen (secondary N) is 2. The number of Topliss-reactive ketones (excluding diaryl/α,β-unsaturated/α-hetero) is 1. The molecule has 14 nitrogen and oxygen atoms in total. The van der Waals surface area contributed by atoms with Crippen molar-refractivity contribution in [2.24, 2.45) is 28.1 Å². The second-order valence-electron chi connectivity index (χ2n) is 11.6. The number of nitrogens with two attached hydrogens (primary N) is 3. The van der Waals surface area contributed by atoms with E-state index in [4.69, 9.17) is 26.7 Å². The number of benzene rings is 1. The van der Waals surface area contributed by atoms with E-state index < -0.39 is 35.5 Å². The lowest BCUT2D eigenvalue weighted by Gasteiger charge is -2.43. The first-order chi connectivity index (χ1) is 20.1. The van der Waals surface area contributed by atoms with E-state index in [9.17, 15) is 19.2 Å². The van der Waals surface area contributed by atoms with Gasteiger partial charge in [-0.05, 0) is 50.3 Å². The molecule has 0 aromatic heterocycles. The van der Waals surface area contributed by atoms with E-state index in [0.29, 0.717) is 49.3 Å². The summed E-state index contributed by atoms with van der Waals surface area (Å²) < 4.78 is 12.1. The summed E-state index contributed by atoms with van der Waals surface area (Å²) in [5.41, 5.74) is 17.8. The molecule has 2 bridgehead atoms. The summed E-state index contributed by atoms with van der Waals surface area (Å²) in [6.45, 7) is 1.07. The Balaban J connectivity index is 1.20. The van der Waals surface area contributed by atoms with E-state index in [1.165, 1.54) is 4.90 Å². The lowest BCUT2D eigenvalue weighted by Crippen LogP contribution is -2.55. The molecular formula is C28H40N8O6. The second kappa shape index (κ2) is 11.8.